The molecule has 1 saturated heterocycles. The molecule has 1 fully saturated rings. The van der Waals surface area contributed by atoms with Crippen molar-refractivity contribution < 1.29 is 4.39 Å². The molecule has 1 aliphatic rings. The molecule has 0 aromatic carbocycles. The van der Waals surface area contributed by atoms with Crippen molar-refractivity contribution in [1.29, 1.82) is 0 Å². The van der Waals surface area contributed by atoms with E-state index in [4.69, 9.17) is 0 Å². The van der Waals surface area contributed by atoms with Crippen molar-refractivity contribution >= 4 is 24.8 Å². The maximum atomic E-state index is 14.2. The minimum atomic E-state index is -1.22. The number of nitrogens with one attached hydrogen (secondary N) is 1. The number of piperidine rings is 1. The molecular formula is C9H14Cl2FN3. The van der Waals surface area contributed by atoms with E-state index in [9.17, 15) is 4.39 Å². The Balaban J connectivity index is 0.000000980. The van der Waals surface area contributed by atoms with Crippen LogP contribution in [-0.2, 0) is 5.67 Å². The van der Waals surface area contributed by atoms with E-state index < -0.39 is 5.67 Å². The van der Waals surface area contributed by atoms with Crippen molar-refractivity contribution in [2.45, 2.75) is 18.5 Å². The number of hydrogen-bond acceptors (Lipinski definition) is 3. The number of nitrogens with zero attached hydrogens (tertiary/aromatic N) is 2. The van der Waals surface area contributed by atoms with Gasteiger partial charge in [-0.2, -0.15) is 0 Å². The van der Waals surface area contributed by atoms with Crippen LogP contribution in [0.15, 0.2) is 18.7 Å². The van der Waals surface area contributed by atoms with Gasteiger partial charge in [0.1, 0.15) is 12.0 Å². The second-order valence-electron chi connectivity index (χ2n) is 3.34. The summed E-state index contributed by atoms with van der Waals surface area (Å²) >= 11 is 0. The predicted molar refractivity (Wildman–Crippen MR) is 61.4 cm³/mol. The van der Waals surface area contributed by atoms with Gasteiger partial charge in [-0.05, 0) is 25.9 Å². The largest absolute Gasteiger partial charge is 0.316 e. The molecule has 1 aliphatic heterocycles. The lowest BCUT2D eigenvalue weighted by Crippen LogP contribution is -2.36. The first-order valence-corrected chi connectivity index (χ1v) is 4.46. The standard InChI is InChI=1S/C9H12FN3.2ClH/c10-9(1-3-11-4-2-9)8-5-12-7-13-6-8;;/h5-7,11H,1-4H2;2*1H. The summed E-state index contributed by atoms with van der Waals surface area (Å²) in [6.07, 6.45) is 5.59. The van der Waals surface area contributed by atoms with Gasteiger partial charge >= 0.3 is 0 Å². The number of aromatic nitrogens is 2. The lowest BCUT2D eigenvalue weighted by atomic mass is 9.89. The fourth-order valence-electron chi connectivity index (χ4n) is 1.64. The van der Waals surface area contributed by atoms with Gasteiger partial charge in [-0.3, -0.25) is 0 Å². The predicted octanol–water partition coefficient (Wildman–Crippen LogP) is 1.87. The lowest BCUT2D eigenvalue weighted by molar-refractivity contribution is 0.114. The van der Waals surface area contributed by atoms with E-state index in [2.05, 4.69) is 15.3 Å². The van der Waals surface area contributed by atoms with Crippen LogP contribution < -0.4 is 5.32 Å². The zero-order chi connectivity index (χ0) is 9.15. The third kappa shape index (κ3) is 3.26. The van der Waals surface area contributed by atoms with Gasteiger partial charge in [0.2, 0.25) is 0 Å². The average Bonchev–Trinajstić information content (AvgIpc) is 2.20. The zero-order valence-electron chi connectivity index (χ0n) is 8.15. The van der Waals surface area contributed by atoms with E-state index in [1.165, 1.54) is 6.33 Å². The van der Waals surface area contributed by atoms with E-state index in [1.807, 2.05) is 0 Å². The second kappa shape index (κ2) is 6.20. The van der Waals surface area contributed by atoms with Crippen LogP contribution in [0.3, 0.4) is 0 Å². The van der Waals surface area contributed by atoms with Crippen molar-refractivity contribution in [2.24, 2.45) is 0 Å². The Morgan fingerprint density at radius 3 is 2.20 bits per heavy atom. The fraction of sp³-hybridized carbons (Fsp3) is 0.556. The van der Waals surface area contributed by atoms with E-state index in [0.717, 1.165) is 13.1 Å². The fourth-order valence-corrected chi connectivity index (χ4v) is 1.64. The normalized spacial score (nSPS) is 18.5. The molecule has 0 amide bonds. The van der Waals surface area contributed by atoms with Crippen LogP contribution in [0.2, 0.25) is 0 Å². The number of rotatable bonds is 1. The first kappa shape index (κ1) is 14.6. The number of hydrogen-bond donors (Lipinski definition) is 1. The van der Waals surface area contributed by atoms with Crippen LogP contribution >= 0.6 is 24.8 Å². The smallest absolute Gasteiger partial charge is 0.141 e. The van der Waals surface area contributed by atoms with E-state index >= 15 is 0 Å². The van der Waals surface area contributed by atoms with Gasteiger partial charge in [-0.25, -0.2) is 14.4 Å². The molecule has 0 aliphatic carbocycles. The summed E-state index contributed by atoms with van der Waals surface area (Å²) in [5, 5.41) is 3.13. The Labute approximate surface area is 101 Å². The molecule has 6 heteroatoms. The third-order valence-corrected chi connectivity index (χ3v) is 2.47. The molecule has 3 nitrogen and oxygen atoms in total. The molecule has 0 atom stereocenters. The molecule has 86 valence electrons. The summed E-state index contributed by atoms with van der Waals surface area (Å²) in [7, 11) is 0. The maximum Gasteiger partial charge on any atom is 0.141 e. The lowest BCUT2D eigenvalue weighted by Gasteiger charge is -2.29. The topological polar surface area (TPSA) is 37.8 Å². The monoisotopic (exact) mass is 253 g/mol. The van der Waals surface area contributed by atoms with Crippen LogP contribution in [0, 0.1) is 0 Å². The van der Waals surface area contributed by atoms with Gasteiger partial charge in [-0.15, -0.1) is 24.8 Å². The molecule has 1 aromatic rings. The highest BCUT2D eigenvalue weighted by molar-refractivity contribution is 5.85. The minimum absolute atomic E-state index is 0. The van der Waals surface area contributed by atoms with Crippen LogP contribution in [0.4, 0.5) is 4.39 Å². The van der Waals surface area contributed by atoms with Crippen LogP contribution in [0.5, 0.6) is 0 Å². The average molecular weight is 254 g/mol. The van der Waals surface area contributed by atoms with Gasteiger partial charge in [0.05, 0.1) is 0 Å². The van der Waals surface area contributed by atoms with Crippen LogP contribution in [-0.4, -0.2) is 23.1 Å². The van der Waals surface area contributed by atoms with Crippen molar-refractivity contribution in [3.63, 3.8) is 0 Å². The summed E-state index contributed by atoms with van der Waals surface area (Å²) in [5.41, 5.74) is -0.608. The highest BCUT2D eigenvalue weighted by Crippen LogP contribution is 2.33. The molecule has 15 heavy (non-hydrogen) atoms. The van der Waals surface area contributed by atoms with E-state index in [0.29, 0.717) is 18.4 Å². The summed E-state index contributed by atoms with van der Waals surface area (Å²) in [4.78, 5) is 7.67. The summed E-state index contributed by atoms with van der Waals surface area (Å²) in [6, 6.07) is 0. The molecule has 2 heterocycles. The van der Waals surface area contributed by atoms with E-state index in [1.54, 1.807) is 12.4 Å². The Kier molecular flexibility index (Phi) is 6.02. The summed E-state index contributed by atoms with van der Waals surface area (Å²) in [5.74, 6) is 0. The molecular weight excluding hydrogens is 240 g/mol. The summed E-state index contributed by atoms with van der Waals surface area (Å²) < 4.78 is 14.2. The molecule has 0 unspecified atom stereocenters. The van der Waals surface area contributed by atoms with Crippen molar-refractivity contribution in [1.82, 2.24) is 15.3 Å². The molecule has 0 spiro atoms. The van der Waals surface area contributed by atoms with Crippen molar-refractivity contribution in [3.8, 4) is 0 Å². The molecule has 2 rings (SSSR count). The molecule has 1 aromatic heterocycles. The molecule has 1 N–H and O–H groups in total. The molecule has 0 saturated carbocycles. The van der Waals surface area contributed by atoms with Crippen molar-refractivity contribution in [2.75, 3.05) is 13.1 Å². The summed E-state index contributed by atoms with van der Waals surface area (Å²) in [6.45, 7) is 1.46. The van der Waals surface area contributed by atoms with Gasteiger partial charge in [0, 0.05) is 18.0 Å². The highest BCUT2D eigenvalue weighted by atomic mass is 35.5. The number of halogens is 3. The quantitative estimate of drug-likeness (QED) is 0.831. The van der Waals surface area contributed by atoms with Crippen LogP contribution in [0.25, 0.3) is 0 Å². The Morgan fingerprint density at radius 2 is 1.67 bits per heavy atom. The van der Waals surface area contributed by atoms with Gasteiger partial charge < -0.3 is 5.32 Å². The SMILES string of the molecule is Cl.Cl.FC1(c2cncnc2)CCNCC1. The first-order valence-electron chi connectivity index (χ1n) is 4.46. The van der Waals surface area contributed by atoms with Gasteiger partial charge in [0.15, 0.2) is 0 Å². The minimum Gasteiger partial charge on any atom is -0.316 e. The Morgan fingerprint density at radius 1 is 1.13 bits per heavy atom. The van der Waals surface area contributed by atoms with Crippen molar-refractivity contribution in [3.05, 3.63) is 24.3 Å². The second-order valence-corrected chi connectivity index (χ2v) is 3.34. The zero-order valence-corrected chi connectivity index (χ0v) is 9.78. The maximum absolute atomic E-state index is 14.2. The highest BCUT2D eigenvalue weighted by Gasteiger charge is 2.33. The third-order valence-electron chi connectivity index (χ3n) is 2.47. The Bertz CT molecular complexity index is 278. The molecule has 0 radical (unpaired) electrons. The Hall–Kier alpha value is -0.450. The number of alkyl halides is 1. The van der Waals surface area contributed by atoms with Gasteiger partial charge in [-0.1, -0.05) is 0 Å². The molecule has 0 bridgehead atoms. The van der Waals surface area contributed by atoms with Gasteiger partial charge in [0.25, 0.3) is 0 Å². The first-order chi connectivity index (χ1) is 6.31. The van der Waals surface area contributed by atoms with E-state index in [-0.39, 0.29) is 24.8 Å². The van der Waals surface area contributed by atoms with Crippen LogP contribution in [0.1, 0.15) is 18.4 Å².